The third-order valence-electron chi connectivity index (χ3n) is 5.07. The number of nitrogens with zero attached hydrogens (tertiary/aromatic N) is 3. The van der Waals surface area contributed by atoms with Gasteiger partial charge in [0.1, 0.15) is 0 Å². The Labute approximate surface area is 122 Å². The molecule has 3 saturated heterocycles. The summed E-state index contributed by atoms with van der Waals surface area (Å²) in [5.74, 6) is 0.995. The molecule has 20 heavy (non-hydrogen) atoms. The van der Waals surface area contributed by atoms with Crippen molar-refractivity contribution in [2.45, 2.75) is 44.2 Å². The van der Waals surface area contributed by atoms with Crippen molar-refractivity contribution in [1.82, 2.24) is 20.4 Å². The number of piperazine rings is 3. The van der Waals surface area contributed by atoms with Gasteiger partial charge in [0.05, 0.1) is 0 Å². The van der Waals surface area contributed by atoms with E-state index in [1.807, 2.05) is 7.05 Å². The Kier molecular flexibility index (Phi) is 4.78. The van der Waals surface area contributed by atoms with Crippen LogP contribution in [-0.4, -0.2) is 74.2 Å². The predicted octanol–water partition coefficient (Wildman–Crippen LogP) is 0.484. The Hall–Kier alpha value is -0.810. The summed E-state index contributed by atoms with van der Waals surface area (Å²) in [6.45, 7) is 7.22. The zero-order valence-corrected chi connectivity index (χ0v) is 12.8. The molecule has 0 aromatic carbocycles. The maximum atomic E-state index is 4.39. The van der Waals surface area contributed by atoms with E-state index in [1.54, 1.807) is 0 Å². The molecule has 1 unspecified atom stereocenters. The highest BCUT2D eigenvalue weighted by Crippen LogP contribution is 2.17. The average molecular weight is 279 g/mol. The van der Waals surface area contributed by atoms with E-state index >= 15 is 0 Å². The third-order valence-corrected chi connectivity index (χ3v) is 5.07. The quantitative estimate of drug-likeness (QED) is 0.583. The first-order chi connectivity index (χ1) is 9.85. The van der Waals surface area contributed by atoms with E-state index in [2.05, 4.69) is 25.4 Å². The number of rotatable bonds is 3. The number of hydrogen-bond acceptors (Lipinski definition) is 3. The van der Waals surface area contributed by atoms with E-state index in [0.29, 0.717) is 12.1 Å². The van der Waals surface area contributed by atoms with Crippen molar-refractivity contribution in [2.75, 3.05) is 46.3 Å². The van der Waals surface area contributed by atoms with Gasteiger partial charge < -0.3 is 10.6 Å². The molecule has 3 heterocycles. The fourth-order valence-electron chi connectivity index (χ4n) is 3.77. The lowest BCUT2D eigenvalue weighted by molar-refractivity contribution is 0.0154. The van der Waals surface area contributed by atoms with Gasteiger partial charge in [0.25, 0.3) is 0 Å². The van der Waals surface area contributed by atoms with Crippen LogP contribution in [0.25, 0.3) is 0 Å². The summed E-state index contributed by atoms with van der Waals surface area (Å²) < 4.78 is 0. The molecule has 0 aromatic rings. The van der Waals surface area contributed by atoms with Crippen LogP contribution in [0.5, 0.6) is 0 Å². The molecule has 0 aromatic heterocycles. The first-order valence-electron chi connectivity index (χ1n) is 8.29. The minimum Gasteiger partial charge on any atom is -0.355 e. The lowest BCUT2D eigenvalue weighted by atomic mass is 9.96. The lowest BCUT2D eigenvalue weighted by Gasteiger charge is -2.47. The number of fused-ring (bicyclic) bond motifs is 3. The predicted molar refractivity (Wildman–Crippen MR) is 83.2 cm³/mol. The largest absolute Gasteiger partial charge is 0.355 e. The van der Waals surface area contributed by atoms with Gasteiger partial charge in [0.15, 0.2) is 5.96 Å². The molecule has 5 nitrogen and oxygen atoms in total. The van der Waals surface area contributed by atoms with Crippen molar-refractivity contribution in [3.63, 3.8) is 0 Å². The van der Waals surface area contributed by atoms with E-state index in [0.717, 1.165) is 12.5 Å². The van der Waals surface area contributed by atoms with Crippen molar-refractivity contribution in [1.29, 1.82) is 0 Å². The molecule has 4 aliphatic rings. The van der Waals surface area contributed by atoms with Crippen molar-refractivity contribution < 1.29 is 0 Å². The summed E-state index contributed by atoms with van der Waals surface area (Å²) in [5, 5.41) is 7.14. The van der Waals surface area contributed by atoms with Crippen LogP contribution < -0.4 is 10.6 Å². The normalized spacial score (nSPS) is 35.0. The summed E-state index contributed by atoms with van der Waals surface area (Å²) in [7, 11) is 1.88. The van der Waals surface area contributed by atoms with Crippen LogP contribution in [0.4, 0.5) is 0 Å². The molecule has 114 valence electrons. The second-order valence-corrected chi connectivity index (χ2v) is 6.42. The summed E-state index contributed by atoms with van der Waals surface area (Å²) in [6.07, 6.45) is 6.71. The fraction of sp³-hybridized carbons (Fsp3) is 0.933. The van der Waals surface area contributed by atoms with Crippen molar-refractivity contribution >= 4 is 5.96 Å². The van der Waals surface area contributed by atoms with Crippen molar-refractivity contribution in [2.24, 2.45) is 4.99 Å². The van der Waals surface area contributed by atoms with Crippen LogP contribution in [0, 0.1) is 0 Å². The second kappa shape index (κ2) is 6.76. The second-order valence-electron chi connectivity index (χ2n) is 6.42. The van der Waals surface area contributed by atoms with Gasteiger partial charge in [-0.05, 0) is 12.8 Å². The van der Waals surface area contributed by atoms with Crippen LogP contribution in [0.1, 0.15) is 32.1 Å². The Balaban J connectivity index is 1.44. The maximum Gasteiger partial charge on any atom is 0.191 e. The zero-order valence-electron chi connectivity index (χ0n) is 12.8. The summed E-state index contributed by atoms with van der Waals surface area (Å²) in [6, 6.07) is 1.28. The molecule has 4 rings (SSSR count). The fourth-order valence-corrected chi connectivity index (χ4v) is 3.77. The van der Waals surface area contributed by atoms with Gasteiger partial charge in [-0.3, -0.25) is 14.8 Å². The maximum absolute atomic E-state index is 4.39. The molecule has 2 bridgehead atoms. The van der Waals surface area contributed by atoms with Gasteiger partial charge in [-0.25, -0.2) is 0 Å². The van der Waals surface area contributed by atoms with Crippen molar-refractivity contribution in [3.8, 4) is 0 Å². The van der Waals surface area contributed by atoms with Crippen LogP contribution in [0.15, 0.2) is 4.99 Å². The van der Waals surface area contributed by atoms with E-state index in [1.165, 1.54) is 64.8 Å². The molecule has 4 fully saturated rings. The Morgan fingerprint density at radius 1 is 1.10 bits per heavy atom. The average Bonchev–Trinajstić information content (AvgIpc) is 2.53. The number of aliphatic imine (C=N–C) groups is 1. The molecule has 1 saturated carbocycles. The Bertz CT molecular complexity index is 329. The molecular weight excluding hydrogens is 250 g/mol. The molecule has 0 amide bonds. The monoisotopic (exact) mass is 279 g/mol. The number of guanidine groups is 1. The van der Waals surface area contributed by atoms with Crippen molar-refractivity contribution in [3.05, 3.63) is 0 Å². The zero-order chi connectivity index (χ0) is 13.8. The smallest absolute Gasteiger partial charge is 0.191 e. The van der Waals surface area contributed by atoms with E-state index in [4.69, 9.17) is 0 Å². The van der Waals surface area contributed by atoms with Crippen LogP contribution in [-0.2, 0) is 0 Å². The van der Waals surface area contributed by atoms with Gasteiger partial charge in [0.2, 0.25) is 0 Å². The molecule has 1 aliphatic carbocycles. The van der Waals surface area contributed by atoms with E-state index < -0.39 is 0 Å². The molecule has 5 heteroatoms. The topological polar surface area (TPSA) is 42.9 Å². The van der Waals surface area contributed by atoms with Gasteiger partial charge in [0, 0.05) is 58.4 Å². The lowest BCUT2D eigenvalue weighted by Crippen LogP contribution is -2.64. The van der Waals surface area contributed by atoms with Crippen LogP contribution in [0.2, 0.25) is 0 Å². The summed E-state index contributed by atoms with van der Waals surface area (Å²) >= 11 is 0. The molecule has 3 aliphatic heterocycles. The van der Waals surface area contributed by atoms with E-state index in [-0.39, 0.29) is 0 Å². The Morgan fingerprint density at radius 2 is 1.85 bits per heavy atom. The first kappa shape index (κ1) is 14.1. The van der Waals surface area contributed by atoms with Gasteiger partial charge in [-0.2, -0.15) is 0 Å². The van der Waals surface area contributed by atoms with Crippen LogP contribution >= 0.6 is 0 Å². The highest BCUT2D eigenvalue weighted by Gasteiger charge is 2.31. The standard InChI is InChI=1S/C15H29N5/c1-16-15(18-13-5-3-2-4-6-13)17-11-14-12-19-7-9-20(14)10-8-19/h13-14H,2-12H2,1H3,(H2,16,17,18). The van der Waals surface area contributed by atoms with Gasteiger partial charge >= 0.3 is 0 Å². The summed E-state index contributed by atoms with van der Waals surface area (Å²) in [4.78, 5) is 9.60. The molecule has 0 radical (unpaired) electrons. The minimum absolute atomic E-state index is 0.627. The number of hydrogen-bond donors (Lipinski definition) is 2. The van der Waals surface area contributed by atoms with Gasteiger partial charge in [-0.1, -0.05) is 19.3 Å². The minimum atomic E-state index is 0.627. The van der Waals surface area contributed by atoms with E-state index in [9.17, 15) is 0 Å². The SMILES string of the molecule is CN=C(NCC1CN2CCN1CC2)NC1CCCCC1. The van der Waals surface area contributed by atoms with Crippen LogP contribution in [0.3, 0.4) is 0 Å². The summed E-state index contributed by atoms with van der Waals surface area (Å²) in [5.41, 5.74) is 0. The third kappa shape index (κ3) is 3.44. The highest BCUT2D eigenvalue weighted by molar-refractivity contribution is 5.80. The molecule has 1 atom stereocenters. The molecule has 2 N–H and O–H groups in total. The molecule has 0 spiro atoms. The number of nitrogens with one attached hydrogen (secondary N) is 2. The highest BCUT2D eigenvalue weighted by atomic mass is 15.4. The van der Waals surface area contributed by atoms with Gasteiger partial charge in [-0.15, -0.1) is 0 Å². The Morgan fingerprint density at radius 3 is 2.45 bits per heavy atom. The molecular formula is C15H29N5. The first-order valence-corrected chi connectivity index (χ1v) is 8.29.